The van der Waals surface area contributed by atoms with E-state index in [0.717, 1.165) is 17.3 Å². The van der Waals surface area contributed by atoms with E-state index < -0.39 is 19.7 Å². The maximum atomic E-state index is 13.0. The second-order valence-electron chi connectivity index (χ2n) is 7.86. The summed E-state index contributed by atoms with van der Waals surface area (Å²) in [4.78, 5) is 14.6. The Kier molecular flexibility index (Phi) is 6.40. The van der Waals surface area contributed by atoms with Crippen LogP contribution in [0.4, 0.5) is 0 Å². The molecule has 0 radical (unpaired) electrons. The molecule has 2 saturated heterocycles. The van der Waals surface area contributed by atoms with Crippen molar-refractivity contribution in [2.24, 2.45) is 0 Å². The average Bonchev–Trinajstić information content (AvgIpc) is 3.43. The lowest BCUT2D eigenvalue weighted by Crippen LogP contribution is -2.41. The summed E-state index contributed by atoms with van der Waals surface area (Å²) in [5.41, 5.74) is 0.924. The number of rotatable bonds is 7. The van der Waals surface area contributed by atoms with Gasteiger partial charge in [-0.3, -0.25) is 4.79 Å². The van der Waals surface area contributed by atoms with E-state index in [2.05, 4.69) is 10.2 Å². The maximum absolute atomic E-state index is 13.0. The molecule has 0 N–H and O–H groups in total. The molecule has 168 valence electrons. The van der Waals surface area contributed by atoms with E-state index in [4.69, 9.17) is 4.42 Å². The van der Waals surface area contributed by atoms with E-state index >= 15 is 0 Å². The molecule has 2 aromatic rings. The Labute approximate surface area is 185 Å². The lowest BCUT2D eigenvalue weighted by Gasteiger charge is -2.28. The van der Waals surface area contributed by atoms with Crippen LogP contribution in [0.2, 0.25) is 0 Å². The van der Waals surface area contributed by atoms with Gasteiger partial charge in [0.2, 0.25) is 11.8 Å². The minimum absolute atomic E-state index is 0.000756. The quantitative estimate of drug-likeness (QED) is 0.533. The Balaban J connectivity index is 1.42. The molecule has 2 aliphatic heterocycles. The summed E-state index contributed by atoms with van der Waals surface area (Å²) < 4.78 is 52.8. The van der Waals surface area contributed by atoms with E-state index in [-0.39, 0.29) is 57.7 Å². The first kappa shape index (κ1) is 22.3. The Morgan fingerprint density at radius 2 is 1.74 bits per heavy atom. The fraction of sp³-hybridized carbons (Fsp3) is 0.526. The van der Waals surface area contributed by atoms with Gasteiger partial charge in [0.05, 0.1) is 34.7 Å². The van der Waals surface area contributed by atoms with Gasteiger partial charge in [-0.05, 0) is 18.4 Å². The lowest BCUT2D eigenvalue weighted by atomic mass is 10.1. The molecule has 0 aliphatic carbocycles. The topological polar surface area (TPSA) is 128 Å². The number of benzene rings is 1. The first-order chi connectivity index (χ1) is 14.7. The van der Waals surface area contributed by atoms with Crippen LogP contribution >= 0.6 is 11.8 Å². The first-order valence-corrected chi connectivity index (χ1v) is 14.5. The van der Waals surface area contributed by atoms with Crippen LogP contribution in [0, 0.1) is 0 Å². The molecule has 0 bridgehead atoms. The second kappa shape index (κ2) is 8.91. The van der Waals surface area contributed by atoms with E-state index in [1.54, 1.807) is 4.90 Å². The van der Waals surface area contributed by atoms with Crippen molar-refractivity contribution in [3.05, 3.63) is 41.8 Å². The molecule has 9 nitrogen and oxygen atoms in total. The minimum Gasteiger partial charge on any atom is -0.416 e. The highest BCUT2D eigenvalue weighted by Gasteiger charge is 2.35. The van der Waals surface area contributed by atoms with E-state index in [9.17, 15) is 21.6 Å². The number of nitrogens with zero attached hydrogens (tertiary/aromatic N) is 3. The fourth-order valence-electron chi connectivity index (χ4n) is 3.86. The maximum Gasteiger partial charge on any atom is 0.277 e. The van der Waals surface area contributed by atoms with Gasteiger partial charge in [-0.15, -0.1) is 10.2 Å². The van der Waals surface area contributed by atoms with Gasteiger partial charge < -0.3 is 9.32 Å². The van der Waals surface area contributed by atoms with Crippen LogP contribution < -0.4 is 0 Å². The van der Waals surface area contributed by atoms with Crippen LogP contribution in [0.1, 0.15) is 30.2 Å². The molecule has 1 amide bonds. The smallest absolute Gasteiger partial charge is 0.277 e. The fourth-order valence-corrected chi connectivity index (χ4v) is 7.98. The number of carbonyl (C=O) groups excluding carboxylic acids is 1. The van der Waals surface area contributed by atoms with Crippen molar-refractivity contribution >= 4 is 37.3 Å². The Hall–Kier alpha value is -1.92. The highest BCUT2D eigenvalue weighted by atomic mass is 32.2. The van der Waals surface area contributed by atoms with Gasteiger partial charge in [0.1, 0.15) is 0 Å². The molecule has 0 saturated carbocycles. The van der Waals surface area contributed by atoms with Crippen LogP contribution in [-0.4, -0.2) is 72.6 Å². The summed E-state index contributed by atoms with van der Waals surface area (Å²) in [7, 11) is -6.20. The molecule has 3 heterocycles. The number of carbonyl (C=O) groups is 1. The summed E-state index contributed by atoms with van der Waals surface area (Å²) in [6.07, 6.45) is 0.876. The van der Waals surface area contributed by atoms with E-state index in [1.807, 2.05) is 30.3 Å². The van der Waals surface area contributed by atoms with Gasteiger partial charge in [-0.25, -0.2) is 16.8 Å². The van der Waals surface area contributed by atoms with E-state index in [1.165, 1.54) is 0 Å². The summed E-state index contributed by atoms with van der Waals surface area (Å²) in [5.74, 6) is -0.0517. The molecule has 1 aromatic heterocycles. The number of sulfone groups is 2. The van der Waals surface area contributed by atoms with Gasteiger partial charge in [0, 0.05) is 12.6 Å². The molecular weight excluding hydrogens is 462 g/mol. The number of hydrogen-bond donors (Lipinski definition) is 0. The molecule has 2 atom stereocenters. The highest BCUT2D eigenvalue weighted by molar-refractivity contribution is 7.99. The number of aromatic nitrogens is 2. The molecule has 1 aromatic carbocycles. The van der Waals surface area contributed by atoms with Gasteiger partial charge in [-0.2, -0.15) is 0 Å². The molecule has 12 heteroatoms. The highest BCUT2D eigenvalue weighted by Crippen LogP contribution is 2.30. The molecular formula is C19H23N3O6S3. The zero-order valence-electron chi connectivity index (χ0n) is 16.7. The predicted octanol–water partition coefficient (Wildman–Crippen LogP) is 1.28. The van der Waals surface area contributed by atoms with Crippen molar-refractivity contribution in [2.45, 2.75) is 36.6 Å². The monoisotopic (exact) mass is 485 g/mol. The van der Waals surface area contributed by atoms with Crippen molar-refractivity contribution in [1.29, 1.82) is 0 Å². The Morgan fingerprint density at radius 3 is 2.39 bits per heavy atom. The second-order valence-corrected chi connectivity index (χ2v) is 13.2. The van der Waals surface area contributed by atoms with Crippen molar-refractivity contribution in [3.63, 3.8) is 0 Å². The van der Waals surface area contributed by atoms with Gasteiger partial charge in [0.25, 0.3) is 5.22 Å². The zero-order chi connectivity index (χ0) is 22.1. The third kappa shape index (κ3) is 5.66. The lowest BCUT2D eigenvalue weighted by molar-refractivity contribution is -0.130. The van der Waals surface area contributed by atoms with Crippen molar-refractivity contribution in [2.75, 3.05) is 28.8 Å². The van der Waals surface area contributed by atoms with Crippen LogP contribution in [0.3, 0.4) is 0 Å². The zero-order valence-corrected chi connectivity index (χ0v) is 19.2. The van der Waals surface area contributed by atoms with Crippen molar-refractivity contribution < 1.29 is 26.0 Å². The largest absolute Gasteiger partial charge is 0.416 e. The van der Waals surface area contributed by atoms with Crippen molar-refractivity contribution in [1.82, 2.24) is 15.1 Å². The summed E-state index contributed by atoms with van der Waals surface area (Å²) in [5, 5.41) is 8.07. The van der Waals surface area contributed by atoms with Crippen molar-refractivity contribution in [3.8, 4) is 0 Å². The summed E-state index contributed by atoms with van der Waals surface area (Å²) in [6, 6.07) is 9.07. The van der Waals surface area contributed by atoms with Crippen LogP contribution in [-0.2, 0) is 31.0 Å². The number of amides is 1. The van der Waals surface area contributed by atoms with Gasteiger partial charge in [-0.1, -0.05) is 42.1 Å². The Bertz CT molecular complexity index is 1150. The molecule has 2 aliphatic rings. The predicted molar refractivity (Wildman–Crippen MR) is 115 cm³/mol. The van der Waals surface area contributed by atoms with E-state index in [0.29, 0.717) is 19.4 Å². The summed E-state index contributed by atoms with van der Waals surface area (Å²) in [6.45, 7) is 0.329. The molecule has 0 unspecified atom stereocenters. The van der Waals surface area contributed by atoms with Gasteiger partial charge >= 0.3 is 0 Å². The molecule has 31 heavy (non-hydrogen) atoms. The van der Waals surface area contributed by atoms with Crippen LogP contribution in [0.5, 0.6) is 0 Å². The Morgan fingerprint density at radius 1 is 1.03 bits per heavy atom. The first-order valence-electron chi connectivity index (χ1n) is 9.91. The minimum atomic E-state index is -3.14. The molecule has 0 spiro atoms. The normalized spacial score (nSPS) is 24.3. The summed E-state index contributed by atoms with van der Waals surface area (Å²) >= 11 is 1.08. The number of thioether (sulfide) groups is 1. The van der Waals surface area contributed by atoms with Crippen LogP contribution in [0.15, 0.2) is 40.0 Å². The molecule has 2 fully saturated rings. The SMILES string of the molecule is O=C(CSc1nnc([C@@H]2CCS(=O)(=O)C2)o1)N(Cc1ccccc1)[C@H]1CCS(=O)(=O)C1. The number of hydrogen-bond acceptors (Lipinski definition) is 9. The third-order valence-corrected chi connectivity index (χ3v) is 9.81. The van der Waals surface area contributed by atoms with Gasteiger partial charge in [0.15, 0.2) is 19.7 Å². The third-order valence-electron chi connectivity index (χ3n) is 5.49. The molecule has 4 rings (SSSR count). The van der Waals surface area contributed by atoms with Crippen LogP contribution in [0.25, 0.3) is 0 Å². The average molecular weight is 486 g/mol. The standard InChI is InChI=1S/C19H23N3O6S3/c23-17(11-29-19-21-20-18(28-19)15-6-8-30(24,25)12-15)22(10-14-4-2-1-3-5-14)16-7-9-31(26,27)13-16/h1-5,15-16H,6-13H2/t15-,16+/m1/s1.